The molecule has 0 spiro atoms. The second kappa shape index (κ2) is 7.00. The van der Waals surface area contributed by atoms with E-state index in [0.29, 0.717) is 25.7 Å². The predicted molar refractivity (Wildman–Crippen MR) is 71.9 cm³/mol. The molecule has 0 aromatic rings. The highest BCUT2D eigenvalue weighted by atomic mass is 32.2. The molecule has 0 aromatic carbocycles. The molecule has 0 radical (unpaired) electrons. The molecule has 1 fully saturated rings. The summed E-state index contributed by atoms with van der Waals surface area (Å²) < 4.78 is 23.4. The topological polar surface area (TPSA) is 130 Å². The Bertz CT molecular complexity index is 457. The van der Waals surface area contributed by atoms with Crippen LogP contribution in [0.15, 0.2) is 0 Å². The number of hydrogen-bond acceptors (Lipinski definition) is 4. The summed E-state index contributed by atoms with van der Waals surface area (Å²) >= 11 is 0. The van der Waals surface area contributed by atoms with Gasteiger partial charge >= 0.3 is 5.97 Å². The highest BCUT2D eigenvalue weighted by molar-refractivity contribution is 7.86. The molecule has 20 heavy (non-hydrogen) atoms. The number of amides is 1. The van der Waals surface area contributed by atoms with E-state index in [1.165, 1.54) is 0 Å². The van der Waals surface area contributed by atoms with Crippen LogP contribution in [0.5, 0.6) is 0 Å². The Hall–Kier alpha value is -1.19. The number of nitrogens with two attached hydrogens (primary N) is 1. The number of carbonyl (C=O) groups excluding carboxylic acids is 1. The smallest absolute Gasteiger partial charge is 0.326 e. The average molecular weight is 307 g/mol. The minimum absolute atomic E-state index is 0.183. The number of carboxylic acid groups (broad SMARTS) is 1. The number of carboxylic acids is 1. The van der Waals surface area contributed by atoms with E-state index >= 15 is 0 Å². The molecule has 1 amide bonds. The SMILES string of the molecule is CCCC(NC(=O)C1CCN(S(N)(=O)=O)CC1)C(=O)O. The normalized spacial score (nSPS) is 19.5. The summed E-state index contributed by atoms with van der Waals surface area (Å²) in [4.78, 5) is 22.9. The minimum atomic E-state index is -3.71. The first kappa shape index (κ1) is 16.9. The minimum Gasteiger partial charge on any atom is -0.480 e. The quantitative estimate of drug-likeness (QED) is 0.595. The van der Waals surface area contributed by atoms with Gasteiger partial charge in [0.25, 0.3) is 10.2 Å². The van der Waals surface area contributed by atoms with E-state index < -0.39 is 22.2 Å². The third kappa shape index (κ3) is 4.73. The highest BCUT2D eigenvalue weighted by Crippen LogP contribution is 2.19. The lowest BCUT2D eigenvalue weighted by molar-refractivity contribution is -0.142. The maximum atomic E-state index is 12.0. The first-order valence-corrected chi connectivity index (χ1v) is 8.07. The van der Waals surface area contributed by atoms with E-state index in [0.717, 1.165) is 4.31 Å². The molecule has 1 heterocycles. The Morgan fingerprint density at radius 3 is 2.35 bits per heavy atom. The molecule has 116 valence electrons. The molecule has 0 bridgehead atoms. The molecule has 8 nitrogen and oxygen atoms in total. The van der Waals surface area contributed by atoms with E-state index in [9.17, 15) is 18.0 Å². The first-order valence-electron chi connectivity index (χ1n) is 6.56. The largest absolute Gasteiger partial charge is 0.480 e. The standard InChI is InChI=1S/C11H21N3O5S/c1-2-3-9(11(16)17)13-10(15)8-4-6-14(7-5-8)20(12,18)19/h8-9H,2-7H2,1H3,(H,13,15)(H,16,17)(H2,12,18,19). The maximum Gasteiger partial charge on any atom is 0.326 e. The van der Waals surface area contributed by atoms with Crippen molar-refractivity contribution in [2.45, 2.75) is 38.6 Å². The Labute approximate surface area is 118 Å². The number of hydrogen-bond donors (Lipinski definition) is 3. The fourth-order valence-electron chi connectivity index (χ4n) is 2.21. The van der Waals surface area contributed by atoms with Gasteiger partial charge in [0.05, 0.1) is 0 Å². The lowest BCUT2D eigenvalue weighted by atomic mass is 9.96. The van der Waals surface area contributed by atoms with Crippen LogP contribution in [0.25, 0.3) is 0 Å². The molecule has 1 atom stereocenters. The molecule has 4 N–H and O–H groups in total. The molecule has 0 aromatic heterocycles. The summed E-state index contributed by atoms with van der Waals surface area (Å²) in [6.45, 7) is 2.21. The first-order chi connectivity index (χ1) is 9.25. The van der Waals surface area contributed by atoms with Crippen LogP contribution in [-0.2, 0) is 19.8 Å². The third-order valence-electron chi connectivity index (χ3n) is 3.38. The summed E-state index contributed by atoms with van der Waals surface area (Å²) in [5.41, 5.74) is 0. The number of rotatable bonds is 6. The van der Waals surface area contributed by atoms with E-state index in [1.54, 1.807) is 0 Å². The molecule has 0 saturated carbocycles. The van der Waals surface area contributed by atoms with Gasteiger partial charge in [-0.1, -0.05) is 13.3 Å². The fraction of sp³-hybridized carbons (Fsp3) is 0.818. The third-order valence-corrected chi connectivity index (χ3v) is 4.46. The summed E-state index contributed by atoms with van der Waals surface area (Å²) in [6, 6.07) is -0.885. The van der Waals surface area contributed by atoms with Crippen LogP contribution in [0, 0.1) is 5.92 Å². The second-order valence-electron chi connectivity index (χ2n) is 4.91. The van der Waals surface area contributed by atoms with Crippen molar-refractivity contribution in [3.63, 3.8) is 0 Å². The summed E-state index contributed by atoms with van der Waals surface area (Å²) in [7, 11) is -3.71. The fourth-order valence-corrected chi connectivity index (χ4v) is 2.93. The Morgan fingerprint density at radius 1 is 1.40 bits per heavy atom. The van der Waals surface area contributed by atoms with Crippen LogP contribution in [0.3, 0.4) is 0 Å². The zero-order valence-corrected chi connectivity index (χ0v) is 12.2. The van der Waals surface area contributed by atoms with Gasteiger partial charge in [0.1, 0.15) is 6.04 Å². The Morgan fingerprint density at radius 2 is 1.95 bits per heavy atom. The Balaban J connectivity index is 2.52. The molecule has 9 heteroatoms. The number of carbonyl (C=O) groups is 2. The monoisotopic (exact) mass is 307 g/mol. The number of nitrogens with one attached hydrogen (secondary N) is 1. The van der Waals surface area contributed by atoms with Crippen LogP contribution in [0.4, 0.5) is 0 Å². The van der Waals surface area contributed by atoms with E-state index in [2.05, 4.69) is 5.32 Å². The van der Waals surface area contributed by atoms with Gasteiger partial charge in [0, 0.05) is 19.0 Å². The van der Waals surface area contributed by atoms with Gasteiger partial charge in [0.2, 0.25) is 5.91 Å². The van der Waals surface area contributed by atoms with Crippen molar-refractivity contribution in [1.82, 2.24) is 9.62 Å². The maximum absolute atomic E-state index is 12.0. The molecule has 1 unspecified atom stereocenters. The number of piperidine rings is 1. The van der Waals surface area contributed by atoms with Crippen molar-refractivity contribution in [3.8, 4) is 0 Å². The van der Waals surface area contributed by atoms with Gasteiger partial charge in [-0.15, -0.1) is 0 Å². The number of aliphatic carboxylic acids is 1. The van der Waals surface area contributed by atoms with E-state index in [-0.39, 0.29) is 24.9 Å². The molecule has 0 aliphatic carbocycles. The van der Waals surface area contributed by atoms with Crippen molar-refractivity contribution in [3.05, 3.63) is 0 Å². The van der Waals surface area contributed by atoms with E-state index in [1.807, 2.05) is 6.92 Å². The van der Waals surface area contributed by atoms with Crippen molar-refractivity contribution in [2.24, 2.45) is 11.1 Å². The van der Waals surface area contributed by atoms with Crippen molar-refractivity contribution in [2.75, 3.05) is 13.1 Å². The second-order valence-corrected chi connectivity index (χ2v) is 6.45. The van der Waals surface area contributed by atoms with Gasteiger partial charge < -0.3 is 10.4 Å². The molecule has 1 rings (SSSR count). The molecule has 1 saturated heterocycles. The zero-order chi connectivity index (χ0) is 15.3. The van der Waals surface area contributed by atoms with Crippen molar-refractivity contribution < 1.29 is 23.1 Å². The van der Waals surface area contributed by atoms with Gasteiger partial charge in [0.15, 0.2) is 0 Å². The zero-order valence-electron chi connectivity index (χ0n) is 11.4. The molecular weight excluding hydrogens is 286 g/mol. The van der Waals surface area contributed by atoms with Crippen LogP contribution in [0.1, 0.15) is 32.6 Å². The van der Waals surface area contributed by atoms with Crippen LogP contribution in [0.2, 0.25) is 0 Å². The molecule has 1 aliphatic rings. The molecular formula is C11H21N3O5S. The Kier molecular flexibility index (Phi) is 5.90. The van der Waals surface area contributed by atoms with Crippen molar-refractivity contribution >= 4 is 22.1 Å². The lowest BCUT2D eigenvalue weighted by Gasteiger charge is -2.29. The summed E-state index contributed by atoms with van der Waals surface area (Å²) in [5.74, 6) is -1.76. The van der Waals surface area contributed by atoms with Gasteiger partial charge in [-0.25, -0.2) is 9.93 Å². The average Bonchev–Trinajstić information content (AvgIpc) is 2.37. The highest BCUT2D eigenvalue weighted by Gasteiger charge is 2.31. The van der Waals surface area contributed by atoms with Gasteiger partial charge in [-0.3, -0.25) is 4.79 Å². The van der Waals surface area contributed by atoms with Crippen LogP contribution < -0.4 is 10.5 Å². The predicted octanol–water partition coefficient (Wildman–Crippen LogP) is -0.729. The van der Waals surface area contributed by atoms with Crippen LogP contribution >= 0.6 is 0 Å². The number of nitrogens with zero attached hydrogens (tertiary/aromatic N) is 1. The van der Waals surface area contributed by atoms with E-state index in [4.69, 9.17) is 10.2 Å². The van der Waals surface area contributed by atoms with Crippen molar-refractivity contribution in [1.29, 1.82) is 0 Å². The lowest BCUT2D eigenvalue weighted by Crippen LogP contribution is -2.48. The molecule has 1 aliphatic heterocycles. The summed E-state index contributed by atoms with van der Waals surface area (Å²) in [6.07, 6.45) is 1.72. The van der Waals surface area contributed by atoms with Gasteiger partial charge in [-0.2, -0.15) is 12.7 Å². The van der Waals surface area contributed by atoms with Gasteiger partial charge in [-0.05, 0) is 19.3 Å². The van der Waals surface area contributed by atoms with Crippen LogP contribution in [-0.4, -0.2) is 48.8 Å². The summed E-state index contributed by atoms with van der Waals surface area (Å²) in [5, 5.41) is 16.5.